The summed E-state index contributed by atoms with van der Waals surface area (Å²) in [7, 11) is -2.27. The van der Waals surface area contributed by atoms with Crippen LogP contribution >= 0.6 is 0 Å². The molecule has 1 rings (SSSR count). The molecule has 1 aromatic heterocycles. The number of unbranched alkanes of at least 4 members (excludes halogenated alkanes) is 1. The number of nitrogens with zero attached hydrogens (tertiary/aromatic N) is 1. The number of hydrogen-bond acceptors (Lipinski definition) is 4. The van der Waals surface area contributed by atoms with E-state index in [-0.39, 0.29) is 24.4 Å². The fraction of sp³-hybridized carbons (Fsp3) is 0.545. The van der Waals surface area contributed by atoms with E-state index in [0.717, 1.165) is 0 Å². The lowest BCUT2D eigenvalue weighted by molar-refractivity contribution is -0.135. The molecule has 0 radical (unpaired) electrons. The first kappa shape index (κ1) is 16.7. The molecule has 0 aliphatic heterocycles. The van der Waals surface area contributed by atoms with Gasteiger partial charge in [-0.3, -0.25) is 0 Å². The summed E-state index contributed by atoms with van der Waals surface area (Å²) >= 11 is 0. The summed E-state index contributed by atoms with van der Waals surface area (Å²) < 4.78 is 61.9. The smallest absolute Gasteiger partial charge is 0.386 e. The molecule has 0 aromatic carbocycles. The van der Waals surface area contributed by atoms with Crippen LogP contribution in [0.25, 0.3) is 0 Å². The maximum Gasteiger partial charge on any atom is 0.389 e. The third-order valence-corrected chi connectivity index (χ3v) is 3.89. The zero-order valence-corrected chi connectivity index (χ0v) is 11.7. The Morgan fingerprint density at radius 2 is 2.00 bits per heavy atom. The lowest BCUT2D eigenvalue weighted by Gasteiger charge is -2.10. The van der Waals surface area contributed by atoms with E-state index in [1.165, 1.54) is 6.20 Å². The Hall–Kier alpha value is -1.35. The normalized spacial score (nSPS) is 12.4. The third-order valence-electron chi connectivity index (χ3n) is 2.47. The highest BCUT2D eigenvalue weighted by Crippen LogP contribution is 2.22. The van der Waals surface area contributed by atoms with Crippen LogP contribution < -0.4 is 10.0 Å². The van der Waals surface area contributed by atoms with Gasteiger partial charge in [-0.1, -0.05) is 0 Å². The number of nitrogens with one attached hydrogen (secondary N) is 2. The van der Waals surface area contributed by atoms with Crippen LogP contribution in [0.2, 0.25) is 0 Å². The van der Waals surface area contributed by atoms with Crippen molar-refractivity contribution in [2.24, 2.45) is 0 Å². The Morgan fingerprint density at radius 1 is 1.30 bits per heavy atom. The van der Waals surface area contributed by atoms with E-state index in [1.54, 1.807) is 19.2 Å². The van der Waals surface area contributed by atoms with Crippen molar-refractivity contribution < 1.29 is 21.6 Å². The van der Waals surface area contributed by atoms with Crippen molar-refractivity contribution >= 4 is 15.7 Å². The van der Waals surface area contributed by atoms with Crippen molar-refractivity contribution in [2.75, 3.05) is 18.9 Å². The fourth-order valence-electron chi connectivity index (χ4n) is 1.52. The standard InChI is InChI=1S/C11H16F3N3O2S/c1-15-9-5-4-7-16-10(9)20(18,19)17-8-3-2-6-11(12,13)14/h4-5,7,15,17H,2-3,6,8H2,1H3. The molecule has 0 fully saturated rings. The average molecular weight is 311 g/mol. The molecule has 0 unspecified atom stereocenters. The maximum atomic E-state index is 11.9. The van der Waals surface area contributed by atoms with Gasteiger partial charge >= 0.3 is 6.18 Å². The molecule has 1 heterocycles. The zero-order valence-electron chi connectivity index (χ0n) is 10.9. The number of alkyl halides is 3. The number of halogens is 3. The number of pyridine rings is 1. The summed E-state index contributed by atoms with van der Waals surface area (Å²) in [4.78, 5) is 3.77. The SMILES string of the molecule is CNc1cccnc1S(=O)(=O)NCCCCC(F)(F)F. The van der Waals surface area contributed by atoms with Gasteiger partial charge in [-0.2, -0.15) is 13.2 Å². The fourth-order valence-corrected chi connectivity index (χ4v) is 2.73. The van der Waals surface area contributed by atoms with Gasteiger partial charge in [0.15, 0.2) is 5.03 Å². The number of aromatic nitrogens is 1. The van der Waals surface area contributed by atoms with Crippen LogP contribution in [0.3, 0.4) is 0 Å². The summed E-state index contributed by atoms with van der Waals surface area (Å²) in [5.74, 6) is 0. The maximum absolute atomic E-state index is 11.9. The number of rotatable bonds is 7. The predicted molar refractivity (Wildman–Crippen MR) is 68.9 cm³/mol. The summed E-state index contributed by atoms with van der Waals surface area (Å²) in [6, 6.07) is 3.12. The van der Waals surface area contributed by atoms with Gasteiger partial charge in [-0.05, 0) is 25.0 Å². The van der Waals surface area contributed by atoms with E-state index in [9.17, 15) is 21.6 Å². The molecule has 0 aliphatic carbocycles. The molecule has 20 heavy (non-hydrogen) atoms. The molecule has 0 bridgehead atoms. The van der Waals surface area contributed by atoms with E-state index in [2.05, 4.69) is 15.0 Å². The van der Waals surface area contributed by atoms with Gasteiger partial charge in [0.25, 0.3) is 10.0 Å². The number of hydrogen-bond donors (Lipinski definition) is 2. The Morgan fingerprint density at radius 3 is 2.60 bits per heavy atom. The molecule has 9 heteroatoms. The first-order chi connectivity index (χ1) is 9.26. The van der Waals surface area contributed by atoms with E-state index in [4.69, 9.17) is 0 Å². The molecule has 114 valence electrons. The van der Waals surface area contributed by atoms with E-state index < -0.39 is 22.6 Å². The van der Waals surface area contributed by atoms with Crippen LogP contribution in [0.1, 0.15) is 19.3 Å². The van der Waals surface area contributed by atoms with Crippen LogP contribution in [-0.4, -0.2) is 33.2 Å². The van der Waals surface area contributed by atoms with Crippen molar-refractivity contribution in [1.29, 1.82) is 0 Å². The van der Waals surface area contributed by atoms with Gasteiger partial charge in [-0.15, -0.1) is 0 Å². The Kier molecular flexibility index (Phi) is 5.75. The third kappa shape index (κ3) is 5.33. The summed E-state index contributed by atoms with van der Waals surface area (Å²) in [5.41, 5.74) is 0.329. The molecular formula is C11H16F3N3O2S. The first-order valence-electron chi connectivity index (χ1n) is 5.95. The zero-order chi connectivity index (χ0) is 15.2. The summed E-state index contributed by atoms with van der Waals surface area (Å²) in [5, 5.41) is 2.52. The molecule has 0 saturated carbocycles. The molecule has 1 aromatic rings. The molecule has 0 atom stereocenters. The predicted octanol–water partition coefficient (Wildman–Crippen LogP) is 2.13. The molecule has 0 spiro atoms. The molecule has 5 nitrogen and oxygen atoms in total. The second-order valence-corrected chi connectivity index (χ2v) is 5.76. The van der Waals surface area contributed by atoms with Gasteiger partial charge in [0.05, 0.1) is 5.69 Å². The van der Waals surface area contributed by atoms with Crippen molar-refractivity contribution in [2.45, 2.75) is 30.5 Å². The van der Waals surface area contributed by atoms with Gasteiger partial charge in [0, 0.05) is 26.2 Å². The van der Waals surface area contributed by atoms with E-state index in [1.807, 2.05) is 0 Å². The van der Waals surface area contributed by atoms with Crippen LogP contribution in [0, 0.1) is 0 Å². The lowest BCUT2D eigenvalue weighted by Crippen LogP contribution is -2.26. The van der Waals surface area contributed by atoms with Crippen LogP contribution in [0.4, 0.5) is 18.9 Å². The Balaban J connectivity index is 2.54. The van der Waals surface area contributed by atoms with Gasteiger partial charge < -0.3 is 5.32 Å². The van der Waals surface area contributed by atoms with Crippen molar-refractivity contribution in [3.05, 3.63) is 18.3 Å². The highest BCUT2D eigenvalue weighted by atomic mass is 32.2. The molecular weight excluding hydrogens is 295 g/mol. The van der Waals surface area contributed by atoms with Gasteiger partial charge in [0.2, 0.25) is 0 Å². The van der Waals surface area contributed by atoms with E-state index >= 15 is 0 Å². The average Bonchev–Trinajstić information content (AvgIpc) is 2.36. The molecule has 0 amide bonds. The second kappa shape index (κ2) is 6.89. The lowest BCUT2D eigenvalue weighted by atomic mass is 10.2. The molecule has 2 N–H and O–H groups in total. The van der Waals surface area contributed by atoms with E-state index in [0.29, 0.717) is 5.69 Å². The minimum absolute atomic E-state index is 0.0574. The summed E-state index contributed by atoms with van der Waals surface area (Å²) in [6.45, 7) is -0.0574. The van der Waals surface area contributed by atoms with Crippen LogP contribution in [0.5, 0.6) is 0 Å². The largest absolute Gasteiger partial charge is 0.389 e. The number of anilines is 1. The van der Waals surface area contributed by atoms with Gasteiger partial charge in [0.1, 0.15) is 0 Å². The monoisotopic (exact) mass is 311 g/mol. The Labute approximate surface area is 115 Å². The first-order valence-corrected chi connectivity index (χ1v) is 7.44. The van der Waals surface area contributed by atoms with Crippen LogP contribution in [0.15, 0.2) is 23.4 Å². The topological polar surface area (TPSA) is 71.1 Å². The van der Waals surface area contributed by atoms with Crippen molar-refractivity contribution in [1.82, 2.24) is 9.71 Å². The highest BCUT2D eigenvalue weighted by molar-refractivity contribution is 7.89. The van der Waals surface area contributed by atoms with Gasteiger partial charge in [-0.25, -0.2) is 18.1 Å². The molecule has 0 saturated heterocycles. The second-order valence-electron chi connectivity index (χ2n) is 4.08. The van der Waals surface area contributed by atoms with Crippen LogP contribution in [-0.2, 0) is 10.0 Å². The molecule has 0 aliphatic rings. The minimum atomic E-state index is -4.21. The van der Waals surface area contributed by atoms with Crippen molar-refractivity contribution in [3.63, 3.8) is 0 Å². The van der Waals surface area contributed by atoms with Crippen molar-refractivity contribution in [3.8, 4) is 0 Å². The Bertz CT molecular complexity index is 532. The summed E-state index contributed by atoms with van der Waals surface area (Å²) in [6.07, 6.45) is -3.80. The highest BCUT2D eigenvalue weighted by Gasteiger charge is 2.26. The number of sulfonamides is 1. The quantitative estimate of drug-likeness (QED) is 0.757. The minimum Gasteiger partial charge on any atom is -0.386 e.